The van der Waals surface area contributed by atoms with E-state index in [-0.39, 0.29) is 0 Å². The van der Waals surface area contributed by atoms with Crippen molar-refractivity contribution in [2.24, 2.45) is 0 Å². The highest BCUT2D eigenvalue weighted by Gasteiger charge is 2.09. The molecule has 0 saturated carbocycles. The quantitative estimate of drug-likeness (QED) is 0.500. The third-order valence-electron chi connectivity index (χ3n) is 2.38. The van der Waals surface area contributed by atoms with Crippen LogP contribution >= 0.6 is 0 Å². The molecule has 4 nitrogen and oxygen atoms in total. The van der Waals surface area contributed by atoms with Crippen molar-refractivity contribution in [2.75, 3.05) is 26.9 Å². The van der Waals surface area contributed by atoms with Crippen molar-refractivity contribution in [1.29, 1.82) is 0 Å². The van der Waals surface area contributed by atoms with Crippen molar-refractivity contribution in [3.8, 4) is 11.5 Å². The molecule has 0 spiro atoms. The van der Waals surface area contributed by atoms with Gasteiger partial charge in [0.1, 0.15) is 0 Å². The lowest BCUT2D eigenvalue weighted by Gasteiger charge is -2.12. The van der Waals surface area contributed by atoms with Gasteiger partial charge in [-0.1, -0.05) is 13.0 Å². The van der Waals surface area contributed by atoms with Gasteiger partial charge in [-0.3, -0.25) is 4.79 Å². The molecular weight excluding hydrogens is 232 g/mol. The van der Waals surface area contributed by atoms with Crippen LogP contribution in [0.3, 0.4) is 0 Å². The first kappa shape index (κ1) is 14.5. The molecule has 1 aromatic rings. The topological polar surface area (TPSA) is 44.8 Å². The maximum Gasteiger partial charge on any atom is 0.171 e. The maximum absolute atomic E-state index is 10.9. The zero-order chi connectivity index (χ0) is 13.2. The molecule has 100 valence electrons. The highest BCUT2D eigenvalue weighted by Crippen LogP contribution is 2.29. The first-order valence-electron chi connectivity index (χ1n) is 6.16. The molecule has 18 heavy (non-hydrogen) atoms. The molecule has 0 aliphatic rings. The van der Waals surface area contributed by atoms with Gasteiger partial charge in [0, 0.05) is 19.6 Å². The monoisotopic (exact) mass is 252 g/mol. The summed E-state index contributed by atoms with van der Waals surface area (Å²) in [5.41, 5.74) is 0.504. The Morgan fingerprint density at radius 1 is 1.22 bits per heavy atom. The molecular formula is C14H20O4. The van der Waals surface area contributed by atoms with E-state index < -0.39 is 0 Å². The van der Waals surface area contributed by atoms with Gasteiger partial charge in [0.25, 0.3) is 0 Å². The summed E-state index contributed by atoms with van der Waals surface area (Å²) < 4.78 is 16.1. The molecule has 0 bridgehead atoms. The van der Waals surface area contributed by atoms with Crippen molar-refractivity contribution in [1.82, 2.24) is 0 Å². The largest absolute Gasteiger partial charge is 0.493 e. The van der Waals surface area contributed by atoms with Gasteiger partial charge in [0.05, 0.1) is 19.3 Å². The lowest BCUT2D eigenvalue weighted by atomic mass is 10.2. The van der Waals surface area contributed by atoms with Gasteiger partial charge < -0.3 is 14.2 Å². The fourth-order valence-electron chi connectivity index (χ4n) is 1.52. The number of carbonyl (C=O) groups excluding carboxylic acids is 1. The molecule has 1 rings (SSSR count). The Kier molecular flexibility index (Phi) is 6.87. The number of aldehydes is 1. The number of para-hydroxylation sites is 1. The summed E-state index contributed by atoms with van der Waals surface area (Å²) >= 11 is 0. The van der Waals surface area contributed by atoms with Gasteiger partial charge in [-0.25, -0.2) is 0 Å². The summed E-state index contributed by atoms with van der Waals surface area (Å²) in [7, 11) is 1.56. The molecule has 0 aromatic heterocycles. The average molecular weight is 252 g/mol. The molecule has 0 saturated heterocycles. The van der Waals surface area contributed by atoms with Crippen molar-refractivity contribution in [2.45, 2.75) is 19.8 Å². The highest BCUT2D eigenvalue weighted by atomic mass is 16.5. The van der Waals surface area contributed by atoms with E-state index >= 15 is 0 Å². The van der Waals surface area contributed by atoms with Crippen molar-refractivity contribution in [3.05, 3.63) is 23.8 Å². The normalized spacial score (nSPS) is 10.1. The zero-order valence-corrected chi connectivity index (χ0v) is 11.0. The lowest BCUT2D eigenvalue weighted by molar-refractivity contribution is 0.111. The minimum atomic E-state index is 0.504. The summed E-state index contributed by atoms with van der Waals surface area (Å²) in [4.78, 5) is 10.9. The minimum Gasteiger partial charge on any atom is -0.493 e. The van der Waals surface area contributed by atoms with Crippen molar-refractivity contribution >= 4 is 6.29 Å². The van der Waals surface area contributed by atoms with Crippen LogP contribution in [-0.4, -0.2) is 33.2 Å². The Bertz CT molecular complexity index is 363. The molecule has 0 aliphatic heterocycles. The Balaban J connectivity index is 2.47. The minimum absolute atomic E-state index is 0.504. The van der Waals surface area contributed by atoms with Crippen LogP contribution in [0, 0.1) is 0 Å². The number of methoxy groups -OCH3 is 1. The standard InChI is InChI=1S/C14H20O4/c1-3-8-17-9-5-10-18-14-12(11-15)6-4-7-13(14)16-2/h4,6-7,11H,3,5,8-10H2,1-2H3. The van der Waals surface area contributed by atoms with Gasteiger partial charge in [0.2, 0.25) is 0 Å². The Morgan fingerprint density at radius 3 is 2.72 bits per heavy atom. The first-order chi connectivity index (χ1) is 8.83. The van der Waals surface area contributed by atoms with E-state index in [0.717, 1.165) is 25.7 Å². The van der Waals surface area contributed by atoms with Crippen molar-refractivity contribution in [3.63, 3.8) is 0 Å². The van der Waals surface area contributed by atoms with Crippen LogP contribution in [0.4, 0.5) is 0 Å². The van der Waals surface area contributed by atoms with Crippen LogP contribution in [0.5, 0.6) is 11.5 Å². The Hall–Kier alpha value is -1.55. The number of carbonyl (C=O) groups is 1. The van der Waals surface area contributed by atoms with Crippen LogP contribution in [0.15, 0.2) is 18.2 Å². The molecule has 0 amide bonds. The van der Waals surface area contributed by atoms with Crippen LogP contribution in [-0.2, 0) is 4.74 Å². The van der Waals surface area contributed by atoms with E-state index in [1.54, 1.807) is 25.3 Å². The second kappa shape index (κ2) is 8.53. The van der Waals surface area contributed by atoms with E-state index in [2.05, 4.69) is 6.92 Å². The molecule has 0 fully saturated rings. The SMILES string of the molecule is CCCOCCCOc1c(C=O)cccc1OC. The number of rotatable bonds is 9. The Labute approximate surface area is 108 Å². The lowest BCUT2D eigenvalue weighted by Crippen LogP contribution is -2.06. The summed E-state index contributed by atoms with van der Waals surface area (Å²) in [6.07, 6.45) is 2.57. The van der Waals surface area contributed by atoms with E-state index in [1.807, 2.05) is 0 Å². The third kappa shape index (κ3) is 4.37. The van der Waals surface area contributed by atoms with Gasteiger partial charge in [-0.15, -0.1) is 0 Å². The molecule has 0 heterocycles. The Morgan fingerprint density at radius 2 is 2.06 bits per heavy atom. The number of benzene rings is 1. The second-order valence-corrected chi connectivity index (χ2v) is 3.81. The van der Waals surface area contributed by atoms with Gasteiger partial charge in [-0.05, 0) is 18.6 Å². The van der Waals surface area contributed by atoms with Gasteiger partial charge in [-0.2, -0.15) is 0 Å². The van der Waals surface area contributed by atoms with Gasteiger partial charge >= 0.3 is 0 Å². The van der Waals surface area contributed by atoms with Crippen molar-refractivity contribution < 1.29 is 19.0 Å². The molecule has 4 heteroatoms. The summed E-state index contributed by atoms with van der Waals surface area (Å²) in [6, 6.07) is 5.24. The second-order valence-electron chi connectivity index (χ2n) is 3.81. The fraction of sp³-hybridized carbons (Fsp3) is 0.500. The fourth-order valence-corrected chi connectivity index (χ4v) is 1.52. The number of ether oxygens (including phenoxy) is 3. The average Bonchev–Trinajstić information content (AvgIpc) is 2.42. The smallest absolute Gasteiger partial charge is 0.171 e. The van der Waals surface area contributed by atoms with Crippen LogP contribution in [0.2, 0.25) is 0 Å². The van der Waals surface area contributed by atoms with E-state index in [9.17, 15) is 4.79 Å². The predicted octanol–water partition coefficient (Wildman–Crippen LogP) is 2.70. The van der Waals surface area contributed by atoms with Gasteiger partial charge in [0.15, 0.2) is 17.8 Å². The third-order valence-corrected chi connectivity index (χ3v) is 2.38. The summed E-state index contributed by atoms with van der Waals surface area (Å²) in [5.74, 6) is 1.08. The zero-order valence-electron chi connectivity index (χ0n) is 11.0. The number of hydrogen-bond donors (Lipinski definition) is 0. The molecule has 0 N–H and O–H groups in total. The highest BCUT2D eigenvalue weighted by molar-refractivity contribution is 5.81. The van der Waals surface area contributed by atoms with Crippen LogP contribution in [0.25, 0.3) is 0 Å². The molecule has 0 radical (unpaired) electrons. The van der Waals surface area contributed by atoms with Crippen LogP contribution in [0.1, 0.15) is 30.1 Å². The van der Waals surface area contributed by atoms with E-state index in [0.29, 0.717) is 30.3 Å². The predicted molar refractivity (Wildman–Crippen MR) is 69.6 cm³/mol. The number of hydrogen-bond acceptors (Lipinski definition) is 4. The first-order valence-corrected chi connectivity index (χ1v) is 6.16. The summed E-state index contributed by atoms with van der Waals surface area (Å²) in [6.45, 7) is 4.01. The van der Waals surface area contributed by atoms with E-state index in [4.69, 9.17) is 14.2 Å². The van der Waals surface area contributed by atoms with E-state index in [1.165, 1.54) is 0 Å². The molecule has 0 atom stereocenters. The maximum atomic E-state index is 10.9. The summed E-state index contributed by atoms with van der Waals surface area (Å²) in [5, 5.41) is 0. The molecule has 0 unspecified atom stereocenters. The molecule has 0 aliphatic carbocycles. The van der Waals surface area contributed by atoms with Crippen LogP contribution < -0.4 is 9.47 Å². The molecule has 1 aromatic carbocycles.